The summed E-state index contributed by atoms with van der Waals surface area (Å²) in [6.45, 7) is 8.43. The van der Waals surface area contributed by atoms with Gasteiger partial charge in [0, 0.05) is 19.4 Å². The second-order valence-corrected chi connectivity index (χ2v) is 13.7. The summed E-state index contributed by atoms with van der Waals surface area (Å²) in [6.07, 6.45) is -5.23. The average molecular weight is 691 g/mol. The Hall–Kier alpha value is -3.03. The van der Waals surface area contributed by atoms with Gasteiger partial charge in [0.2, 0.25) is 0 Å². The lowest BCUT2D eigenvalue weighted by atomic mass is 9.86. The van der Waals surface area contributed by atoms with Crippen LogP contribution in [-0.4, -0.2) is 80.6 Å². The summed E-state index contributed by atoms with van der Waals surface area (Å²) in [5.74, 6) is -1.42. The van der Waals surface area contributed by atoms with Crippen LogP contribution in [0.3, 0.4) is 0 Å². The minimum Gasteiger partial charge on any atom is -0.374 e. The first kappa shape index (κ1) is 36.8. The number of ether oxygens (including phenoxy) is 9. The van der Waals surface area contributed by atoms with Crippen LogP contribution in [0.2, 0.25) is 0 Å². The number of methoxy groups -OCH3 is 1. The van der Waals surface area contributed by atoms with E-state index < -0.39 is 67.0 Å². The first-order chi connectivity index (χ1) is 24.2. The number of rotatable bonds is 15. The highest BCUT2D eigenvalue weighted by molar-refractivity contribution is 5.75. The van der Waals surface area contributed by atoms with Gasteiger partial charge in [-0.25, -0.2) is 0 Å². The Labute approximate surface area is 295 Å². The molecule has 0 spiro atoms. The van der Waals surface area contributed by atoms with Gasteiger partial charge in [0.25, 0.3) is 0 Å². The maximum atomic E-state index is 13.0. The minimum atomic E-state index is -0.885. The number of carbonyl (C=O) groups excluding carboxylic acids is 1. The van der Waals surface area contributed by atoms with Crippen LogP contribution in [0.4, 0.5) is 0 Å². The van der Waals surface area contributed by atoms with Crippen molar-refractivity contribution in [2.45, 2.75) is 115 Å². The normalized spacial score (nSPS) is 32.0. The Morgan fingerprint density at radius 1 is 0.700 bits per heavy atom. The monoisotopic (exact) mass is 690 g/mol. The smallest absolute Gasteiger partial charge is 0.186 e. The van der Waals surface area contributed by atoms with Crippen LogP contribution in [0.25, 0.3) is 0 Å². The summed E-state index contributed by atoms with van der Waals surface area (Å²) >= 11 is 0. The minimum absolute atomic E-state index is 0.0204. The predicted molar refractivity (Wildman–Crippen MR) is 184 cm³/mol. The van der Waals surface area contributed by atoms with Crippen molar-refractivity contribution in [1.29, 1.82) is 0 Å². The summed E-state index contributed by atoms with van der Waals surface area (Å²) < 4.78 is 58.0. The third-order valence-electron chi connectivity index (χ3n) is 9.35. The highest BCUT2D eigenvalue weighted by Gasteiger charge is 2.57. The van der Waals surface area contributed by atoms with Crippen molar-refractivity contribution in [3.05, 3.63) is 108 Å². The fraction of sp³-hybridized carbons (Fsp3) is 0.525. The van der Waals surface area contributed by atoms with E-state index in [2.05, 4.69) is 0 Å². The molecule has 10 nitrogen and oxygen atoms in total. The number of ketones is 1. The molecule has 3 saturated heterocycles. The summed E-state index contributed by atoms with van der Waals surface area (Å²) in [4.78, 5) is 13.0. The van der Waals surface area contributed by atoms with E-state index in [0.29, 0.717) is 19.8 Å². The van der Waals surface area contributed by atoms with E-state index in [0.717, 1.165) is 16.7 Å². The second kappa shape index (κ2) is 17.0. The predicted octanol–water partition coefficient (Wildman–Crippen LogP) is 5.99. The van der Waals surface area contributed by atoms with Crippen LogP contribution < -0.4 is 0 Å². The van der Waals surface area contributed by atoms with Crippen molar-refractivity contribution in [3.8, 4) is 0 Å². The average Bonchev–Trinajstić information content (AvgIpc) is 3.45. The lowest BCUT2D eigenvalue weighted by Crippen LogP contribution is -2.62. The molecule has 0 aromatic heterocycles. The molecule has 0 N–H and O–H groups in total. The van der Waals surface area contributed by atoms with Gasteiger partial charge in [0.15, 0.2) is 18.4 Å². The Balaban J connectivity index is 1.32. The molecule has 0 unspecified atom stereocenters. The molecule has 10 heteroatoms. The number of carbonyl (C=O) groups is 1. The van der Waals surface area contributed by atoms with Crippen LogP contribution in [-0.2, 0) is 67.2 Å². The van der Waals surface area contributed by atoms with Gasteiger partial charge in [-0.05, 0) is 44.4 Å². The van der Waals surface area contributed by atoms with E-state index in [9.17, 15) is 4.79 Å². The van der Waals surface area contributed by atoms with Gasteiger partial charge in [-0.1, -0.05) is 91.0 Å². The molecule has 3 aliphatic rings. The zero-order valence-electron chi connectivity index (χ0n) is 29.6. The van der Waals surface area contributed by atoms with Crippen molar-refractivity contribution in [3.63, 3.8) is 0 Å². The molecule has 3 aliphatic heterocycles. The standard InChI is InChI=1S/C40H50O10/c1-26(41)21-31-34(44-23-29-17-11-7-12-18-29)35(45-24-30-19-13-8-14-20-30)32(25-43-22-28-15-9-6-10-16-28)47-38(31)48-33-27(2)46-39(42-5)37-36(33)49-40(3,4)50-37/h6-20,27,31-39H,21-25H2,1-5H3/t27-,31+,32+,33-,34+,35+,36+,37+,38-,39+/m0/s1. The Morgan fingerprint density at radius 2 is 1.24 bits per heavy atom. The molecule has 6 rings (SSSR count). The molecule has 0 saturated carbocycles. The molecule has 10 atom stereocenters. The third kappa shape index (κ3) is 9.25. The van der Waals surface area contributed by atoms with E-state index in [1.165, 1.54) is 0 Å². The fourth-order valence-electron chi connectivity index (χ4n) is 7.04. The SMILES string of the molecule is CO[C@@H]1O[C@@H](C)[C@H](O[C@@H]2O[C@H](COCc3ccccc3)[C@@H](OCc3ccccc3)[C@H](OCc3ccccc3)[C@H]2CC(C)=O)[C@H]2OC(C)(C)O[C@@H]12. The Morgan fingerprint density at radius 3 is 1.80 bits per heavy atom. The highest BCUT2D eigenvalue weighted by Crippen LogP contribution is 2.42. The largest absolute Gasteiger partial charge is 0.374 e. The zero-order chi connectivity index (χ0) is 35.1. The summed E-state index contributed by atoms with van der Waals surface area (Å²) in [7, 11) is 1.59. The highest BCUT2D eigenvalue weighted by atomic mass is 16.8. The molecule has 0 radical (unpaired) electrons. The van der Waals surface area contributed by atoms with E-state index in [-0.39, 0.29) is 18.8 Å². The van der Waals surface area contributed by atoms with Gasteiger partial charge in [0.05, 0.1) is 38.6 Å². The lowest BCUT2D eigenvalue weighted by molar-refractivity contribution is -0.344. The van der Waals surface area contributed by atoms with E-state index in [1.807, 2.05) is 112 Å². The Bertz CT molecular complexity index is 1470. The van der Waals surface area contributed by atoms with Gasteiger partial charge in [-0.3, -0.25) is 0 Å². The Kier molecular flexibility index (Phi) is 12.5. The van der Waals surface area contributed by atoms with Crippen molar-refractivity contribution in [2.75, 3.05) is 13.7 Å². The van der Waals surface area contributed by atoms with Crippen molar-refractivity contribution >= 4 is 5.78 Å². The number of hydrogen-bond donors (Lipinski definition) is 0. The molecule has 0 bridgehead atoms. The van der Waals surface area contributed by atoms with Crippen LogP contribution in [0.1, 0.15) is 50.8 Å². The summed E-state index contributed by atoms with van der Waals surface area (Å²) in [5.41, 5.74) is 3.04. The zero-order valence-corrected chi connectivity index (χ0v) is 29.6. The topological polar surface area (TPSA) is 100 Å². The number of hydrogen-bond acceptors (Lipinski definition) is 10. The molecule has 3 aromatic carbocycles. The van der Waals surface area contributed by atoms with Gasteiger partial charge in [-0.2, -0.15) is 0 Å². The van der Waals surface area contributed by atoms with E-state index in [4.69, 9.17) is 42.6 Å². The third-order valence-corrected chi connectivity index (χ3v) is 9.35. The second-order valence-electron chi connectivity index (χ2n) is 13.7. The molecule has 0 amide bonds. The van der Waals surface area contributed by atoms with Crippen LogP contribution in [0.5, 0.6) is 0 Å². The number of benzene rings is 3. The first-order valence-corrected chi connectivity index (χ1v) is 17.5. The molecular formula is C40H50O10. The quantitative estimate of drug-likeness (QED) is 0.189. The van der Waals surface area contributed by atoms with Gasteiger partial charge in [-0.15, -0.1) is 0 Å². The van der Waals surface area contributed by atoms with Gasteiger partial charge in [0.1, 0.15) is 36.3 Å². The lowest BCUT2D eigenvalue weighted by Gasteiger charge is -2.48. The molecule has 0 aliphatic carbocycles. The molecule has 270 valence electrons. The van der Waals surface area contributed by atoms with Gasteiger partial charge < -0.3 is 47.4 Å². The first-order valence-electron chi connectivity index (χ1n) is 17.5. The number of Topliss-reactive ketones (excluding diaryl/α,β-unsaturated/α-hetero) is 1. The van der Waals surface area contributed by atoms with Gasteiger partial charge >= 0.3 is 0 Å². The maximum Gasteiger partial charge on any atom is 0.186 e. The van der Waals surface area contributed by atoms with Crippen molar-refractivity contribution < 1.29 is 47.4 Å². The molecule has 3 heterocycles. The van der Waals surface area contributed by atoms with E-state index >= 15 is 0 Å². The van der Waals surface area contributed by atoms with Crippen LogP contribution in [0.15, 0.2) is 91.0 Å². The van der Waals surface area contributed by atoms with Crippen LogP contribution in [0, 0.1) is 5.92 Å². The molecule has 3 fully saturated rings. The molecular weight excluding hydrogens is 640 g/mol. The number of fused-ring (bicyclic) bond motifs is 1. The van der Waals surface area contributed by atoms with E-state index in [1.54, 1.807) is 14.0 Å². The van der Waals surface area contributed by atoms with Crippen molar-refractivity contribution in [2.24, 2.45) is 5.92 Å². The summed E-state index contributed by atoms with van der Waals surface area (Å²) in [6, 6.07) is 29.9. The molecule has 50 heavy (non-hydrogen) atoms. The van der Waals surface area contributed by atoms with Crippen molar-refractivity contribution in [1.82, 2.24) is 0 Å². The fourth-order valence-corrected chi connectivity index (χ4v) is 7.04. The summed E-state index contributed by atoms with van der Waals surface area (Å²) in [5, 5.41) is 0. The molecule has 3 aromatic rings. The maximum absolute atomic E-state index is 13.0. The van der Waals surface area contributed by atoms with Crippen LogP contribution >= 0.6 is 0 Å².